The molecule has 0 saturated heterocycles. The van der Waals surface area contributed by atoms with Crippen molar-refractivity contribution in [2.45, 2.75) is 0 Å². The first-order chi connectivity index (χ1) is 9.72. The van der Waals surface area contributed by atoms with Crippen molar-refractivity contribution >= 4 is 33.0 Å². The summed E-state index contributed by atoms with van der Waals surface area (Å²) in [6.07, 6.45) is 0. The van der Waals surface area contributed by atoms with Crippen molar-refractivity contribution in [2.24, 2.45) is 0 Å². The number of nitrogens with zero attached hydrogens (tertiary/aromatic N) is 2. The van der Waals surface area contributed by atoms with Gasteiger partial charge in [-0.3, -0.25) is 9.78 Å². The standard InChI is InChI=1S/C14H8N4O2/c19-13-7-5-6-10-12(11(7)17-14(20)18-13)16-9-4-2-1-3-8(9)15-10/h1-6H,(H2,17,18,19,20). The molecule has 0 aliphatic heterocycles. The van der Waals surface area contributed by atoms with Crippen LogP contribution in [0.5, 0.6) is 0 Å². The van der Waals surface area contributed by atoms with Crippen molar-refractivity contribution in [1.29, 1.82) is 0 Å². The summed E-state index contributed by atoms with van der Waals surface area (Å²) < 4.78 is 0. The largest absolute Gasteiger partial charge is 0.326 e. The number of rotatable bonds is 0. The lowest BCUT2D eigenvalue weighted by Gasteiger charge is -2.03. The van der Waals surface area contributed by atoms with Gasteiger partial charge >= 0.3 is 5.69 Å². The Morgan fingerprint density at radius 1 is 0.800 bits per heavy atom. The average Bonchev–Trinajstić information content (AvgIpc) is 2.45. The van der Waals surface area contributed by atoms with Crippen molar-refractivity contribution in [2.75, 3.05) is 0 Å². The van der Waals surface area contributed by atoms with Gasteiger partial charge in [0.15, 0.2) is 0 Å². The summed E-state index contributed by atoms with van der Waals surface area (Å²) in [5, 5.41) is 0.390. The van der Waals surface area contributed by atoms with Gasteiger partial charge in [-0.05, 0) is 24.3 Å². The molecule has 0 aliphatic carbocycles. The van der Waals surface area contributed by atoms with Crippen molar-refractivity contribution in [3.8, 4) is 0 Å². The molecule has 96 valence electrons. The van der Waals surface area contributed by atoms with Crippen LogP contribution in [0.3, 0.4) is 0 Å². The van der Waals surface area contributed by atoms with Crippen LogP contribution < -0.4 is 11.2 Å². The Labute approximate surface area is 111 Å². The predicted octanol–water partition coefficient (Wildman–Crippen LogP) is 1.31. The minimum atomic E-state index is -0.551. The number of para-hydroxylation sites is 2. The van der Waals surface area contributed by atoms with Crippen LogP contribution in [0.2, 0.25) is 0 Å². The topological polar surface area (TPSA) is 91.5 Å². The molecule has 0 bridgehead atoms. The maximum atomic E-state index is 11.8. The third-order valence-corrected chi connectivity index (χ3v) is 3.22. The van der Waals surface area contributed by atoms with E-state index in [0.717, 1.165) is 5.52 Å². The van der Waals surface area contributed by atoms with Gasteiger partial charge in [-0.25, -0.2) is 14.8 Å². The summed E-state index contributed by atoms with van der Waals surface area (Å²) in [5.41, 5.74) is 2.07. The number of hydrogen-bond acceptors (Lipinski definition) is 4. The minimum Gasteiger partial charge on any atom is -0.305 e. The van der Waals surface area contributed by atoms with Crippen LogP contribution in [0.1, 0.15) is 0 Å². The van der Waals surface area contributed by atoms with Gasteiger partial charge in [0.2, 0.25) is 0 Å². The summed E-state index contributed by atoms with van der Waals surface area (Å²) in [7, 11) is 0. The molecular weight excluding hydrogens is 256 g/mol. The van der Waals surface area contributed by atoms with Crippen LogP contribution in [-0.4, -0.2) is 19.9 Å². The number of fused-ring (bicyclic) bond motifs is 4. The predicted molar refractivity (Wildman–Crippen MR) is 75.8 cm³/mol. The molecule has 0 radical (unpaired) electrons. The van der Waals surface area contributed by atoms with Gasteiger partial charge in [-0.2, -0.15) is 0 Å². The summed E-state index contributed by atoms with van der Waals surface area (Å²) >= 11 is 0. The lowest BCUT2D eigenvalue weighted by molar-refractivity contribution is 1.08. The van der Waals surface area contributed by atoms with E-state index in [4.69, 9.17) is 0 Å². The molecule has 0 aliphatic rings. The fraction of sp³-hybridized carbons (Fsp3) is 0. The molecule has 6 heteroatoms. The summed E-state index contributed by atoms with van der Waals surface area (Å²) in [6, 6.07) is 10.8. The number of aromatic amines is 2. The van der Waals surface area contributed by atoms with E-state index in [-0.39, 0.29) is 0 Å². The molecule has 2 heterocycles. The third kappa shape index (κ3) is 1.45. The monoisotopic (exact) mass is 264 g/mol. The van der Waals surface area contributed by atoms with Gasteiger partial charge in [0.25, 0.3) is 5.56 Å². The molecule has 0 amide bonds. The Bertz CT molecular complexity index is 1090. The van der Waals surface area contributed by atoms with E-state index in [1.165, 1.54) is 0 Å². The van der Waals surface area contributed by atoms with Crippen molar-refractivity contribution < 1.29 is 0 Å². The number of nitrogens with one attached hydrogen (secondary N) is 2. The van der Waals surface area contributed by atoms with Crippen LogP contribution in [-0.2, 0) is 0 Å². The SMILES string of the molecule is O=c1[nH]c(=O)c2ccc3nc4ccccc4nc3c2[nH]1. The molecule has 0 fully saturated rings. The first-order valence-electron chi connectivity index (χ1n) is 6.04. The zero-order valence-electron chi connectivity index (χ0n) is 10.2. The van der Waals surface area contributed by atoms with E-state index in [9.17, 15) is 9.59 Å². The first-order valence-corrected chi connectivity index (χ1v) is 6.04. The molecule has 0 saturated carbocycles. The highest BCUT2D eigenvalue weighted by Gasteiger charge is 2.08. The molecule has 6 nitrogen and oxygen atoms in total. The highest BCUT2D eigenvalue weighted by atomic mass is 16.2. The first kappa shape index (κ1) is 10.9. The molecule has 2 aromatic heterocycles. The van der Waals surface area contributed by atoms with E-state index in [0.29, 0.717) is 27.5 Å². The van der Waals surface area contributed by atoms with Gasteiger partial charge in [0.1, 0.15) is 5.52 Å². The van der Waals surface area contributed by atoms with Crippen molar-refractivity contribution in [3.63, 3.8) is 0 Å². The fourth-order valence-corrected chi connectivity index (χ4v) is 2.32. The summed E-state index contributed by atoms with van der Waals surface area (Å²) in [6.45, 7) is 0. The lowest BCUT2D eigenvalue weighted by Crippen LogP contribution is -2.22. The smallest absolute Gasteiger partial charge is 0.305 e. The van der Waals surface area contributed by atoms with Gasteiger partial charge in [-0.1, -0.05) is 12.1 Å². The lowest BCUT2D eigenvalue weighted by atomic mass is 10.2. The Balaban J connectivity index is 2.32. The molecule has 0 unspecified atom stereocenters. The minimum absolute atomic E-state index is 0.390. The molecule has 4 aromatic rings. The molecule has 4 rings (SSSR count). The Kier molecular flexibility index (Phi) is 2.03. The van der Waals surface area contributed by atoms with Crippen molar-refractivity contribution in [1.82, 2.24) is 19.9 Å². The summed E-state index contributed by atoms with van der Waals surface area (Å²) in [5.74, 6) is 0. The van der Waals surface area contributed by atoms with E-state index >= 15 is 0 Å². The Morgan fingerprint density at radius 3 is 2.35 bits per heavy atom. The molecule has 2 aromatic carbocycles. The number of aromatic nitrogens is 4. The van der Waals surface area contributed by atoms with Crippen LogP contribution in [0.15, 0.2) is 46.0 Å². The van der Waals surface area contributed by atoms with Gasteiger partial charge in [0.05, 0.1) is 27.5 Å². The summed E-state index contributed by atoms with van der Waals surface area (Å²) in [4.78, 5) is 37.1. The van der Waals surface area contributed by atoms with Crippen molar-refractivity contribution in [3.05, 3.63) is 57.2 Å². The molecule has 20 heavy (non-hydrogen) atoms. The van der Waals surface area contributed by atoms with Gasteiger partial charge in [0, 0.05) is 0 Å². The number of H-pyrrole nitrogens is 2. The number of benzene rings is 2. The highest BCUT2D eigenvalue weighted by Crippen LogP contribution is 2.20. The fourth-order valence-electron chi connectivity index (χ4n) is 2.32. The average molecular weight is 264 g/mol. The molecule has 0 atom stereocenters. The second kappa shape index (κ2) is 3.74. The van der Waals surface area contributed by atoms with Gasteiger partial charge < -0.3 is 4.98 Å². The normalized spacial score (nSPS) is 11.4. The quantitative estimate of drug-likeness (QED) is 0.370. The zero-order chi connectivity index (χ0) is 13.7. The van der Waals surface area contributed by atoms with E-state index < -0.39 is 11.2 Å². The molecule has 0 spiro atoms. The maximum absolute atomic E-state index is 11.8. The Hall–Kier alpha value is -3.02. The van der Waals surface area contributed by atoms with E-state index in [2.05, 4.69) is 19.9 Å². The maximum Gasteiger partial charge on any atom is 0.326 e. The van der Waals surface area contributed by atoms with E-state index in [1.807, 2.05) is 24.3 Å². The van der Waals surface area contributed by atoms with Crippen LogP contribution in [0.4, 0.5) is 0 Å². The van der Waals surface area contributed by atoms with Crippen LogP contribution in [0, 0.1) is 0 Å². The zero-order valence-corrected chi connectivity index (χ0v) is 10.2. The molecule has 2 N–H and O–H groups in total. The second-order valence-corrected chi connectivity index (χ2v) is 4.48. The van der Waals surface area contributed by atoms with Crippen LogP contribution >= 0.6 is 0 Å². The number of hydrogen-bond donors (Lipinski definition) is 2. The van der Waals surface area contributed by atoms with Gasteiger partial charge in [-0.15, -0.1) is 0 Å². The Morgan fingerprint density at radius 2 is 1.55 bits per heavy atom. The second-order valence-electron chi connectivity index (χ2n) is 4.48. The van der Waals surface area contributed by atoms with Crippen LogP contribution in [0.25, 0.3) is 33.0 Å². The highest BCUT2D eigenvalue weighted by molar-refractivity contribution is 6.03. The third-order valence-electron chi connectivity index (χ3n) is 3.22. The molecular formula is C14H8N4O2. The van der Waals surface area contributed by atoms with E-state index in [1.54, 1.807) is 12.1 Å².